The van der Waals surface area contributed by atoms with E-state index in [1.165, 1.54) is 7.11 Å². The molecule has 2 amide bonds. The van der Waals surface area contributed by atoms with Crippen LogP contribution in [0.3, 0.4) is 0 Å². The van der Waals surface area contributed by atoms with Crippen LogP contribution in [-0.2, 0) is 20.7 Å². The van der Waals surface area contributed by atoms with Crippen molar-refractivity contribution in [2.75, 3.05) is 32.2 Å². The van der Waals surface area contributed by atoms with Crippen molar-refractivity contribution in [2.24, 2.45) is 0 Å². The molecule has 1 heterocycles. The molecule has 0 saturated carbocycles. The second-order valence-corrected chi connectivity index (χ2v) is 10.8. The molecule has 1 fully saturated rings. The molecule has 0 radical (unpaired) electrons. The van der Waals surface area contributed by atoms with Gasteiger partial charge >= 0.3 is 6.09 Å². The Morgan fingerprint density at radius 2 is 1.48 bits per heavy atom. The Balaban J connectivity index is 1.24. The molecule has 0 aromatic heterocycles. The molecule has 8 nitrogen and oxygen atoms in total. The number of benzene rings is 4. The van der Waals surface area contributed by atoms with Gasteiger partial charge in [-0.3, -0.25) is 4.79 Å². The third-order valence-corrected chi connectivity index (χ3v) is 7.76. The number of hydrogen-bond donors (Lipinski definition) is 3. The molecule has 5 rings (SSSR count). The van der Waals surface area contributed by atoms with E-state index < -0.39 is 18.1 Å². The molecule has 228 valence electrons. The standard InChI is InChI=1S/C36H39N3O5/c1-42-36(41)39-34(33(27-14-5-2-6-15-27)28-16-7-3-8-17-28)35(40)38-32-20-12-11-13-26(32)21-22-31-23-37-29(25-44-31)24-43-30-18-9-4-10-19-30/h2-20,29,31,33-34,37H,21-25H2,1H3,(H,38,40)(H,39,41)/t29-,31-,34+/m1/s1. The number of aryl methyl sites for hydroxylation is 1. The lowest BCUT2D eigenvalue weighted by atomic mass is 9.84. The van der Waals surface area contributed by atoms with Crippen LogP contribution in [0.5, 0.6) is 5.75 Å². The summed E-state index contributed by atoms with van der Waals surface area (Å²) >= 11 is 0. The van der Waals surface area contributed by atoms with Gasteiger partial charge in [-0.05, 0) is 47.7 Å². The zero-order valence-corrected chi connectivity index (χ0v) is 24.9. The van der Waals surface area contributed by atoms with Gasteiger partial charge in [0.25, 0.3) is 0 Å². The van der Waals surface area contributed by atoms with E-state index in [1.807, 2.05) is 115 Å². The van der Waals surface area contributed by atoms with Gasteiger partial charge in [0.05, 0.1) is 25.9 Å². The average Bonchev–Trinajstić information content (AvgIpc) is 3.08. The number of morpholine rings is 1. The van der Waals surface area contributed by atoms with Crippen LogP contribution in [-0.4, -0.2) is 57.1 Å². The minimum atomic E-state index is -0.929. The molecule has 0 unspecified atom stereocenters. The summed E-state index contributed by atoms with van der Waals surface area (Å²) in [5.74, 6) is 0.0690. The Labute approximate surface area is 258 Å². The zero-order valence-electron chi connectivity index (χ0n) is 24.9. The van der Waals surface area contributed by atoms with Crippen LogP contribution >= 0.6 is 0 Å². The Morgan fingerprint density at radius 3 is 2.09 bits per heavy atom. The van der Waals surface area contributed by atoms with E-state index in [1.54, 1.807) is 0 Å². The molecule has 4 aromatic rings. The maximum atomic E-state index is 14.0. The second-order valence-electron chi connectivity index (χ2n) is 10.8. The number of carbonyl (C=O) groups is 2. The molecule has 1 saturated heterocycles. The summed E-state index contributed by atoms with van der Waals surface area (Å²) in [6, 6.07) is 36.1. The van der Waals surface area contributed by atoms with E-state index in [2.05, 4.69) is 16.0 Å². The molecule has 4 aromatic carbocycles. The fourth-order valence-corrected chi connectivity index (χ4v) is 5.45. The molecular weight excluding hydrogens is 554 g/mol. The van der Waals surface area contributed by atoms with Crippen molar-refractivity contribution in [3.63, 3.8) is 0 Å². The van der Waals surface area contributed by atoms with Crippen LogP contribution < -0.4 is 20.7 Å². The lowest BCUT2D eigenvalue weighted by Gasteiger charge is -2.30. The molecule has 1 aliphatic rings. The van der Waals surface area contributed by atoms with E-state index in [-0.39, 0.29) is 18.1 Å². The summed E-state index contributed by atoms with van der Waals surface area (Å²) in [6.07, 6.45) is 0.863. The molecule has 1 aliphatic heterocycles. The van der Waals surface area contributed by atoms with Crippen LogP contribution in [0.15, 0.2) is 115 Å². The Morgan fingerprint density at radius 1 is 0.864 bits per heavy atom. The van der Waals surface area contributed by atoms with Crippen molar-refractivity contribution in [3.05, 3.63) is 132 Å². The second kappa shape index (κ2) is 15.7. The topological polar surface area (TPSA) is 97.9 Å². The highest BCUT2D eigenvalue weighted by atomic mass is 16.5. The lowest BCUT2D eigenvalue weighted by molar-refractivity contribution is -0.118. The summed E-state index contributed by atoms with van der Waals surface area (Å²) in [6.45, 7) is 1.83. The number of ether oxygens (including phenoxy) is 3. The SMILES string of the molecule is COC(=O)N[C@H](C(=O)Nc1ccccc1CC[C@@H]1CN[C@H](COc2ccccc2)CO1)C(c1ccccc1)c1ccccc1. The number of para-hydroxylation sites is 2. The van der Waals surface area contributed by atoms with Crippen LogP contribution in [0.4, 0.5) is 10.5 Å². The van der Waals surface area contributed by atoms with E-state index in [4.69, 9.17) is 14.2 Å². The first-order valence-electron chi connectivity index (χ1n) is 15.0. The fourth-order valence-electron chi connectivity index (χ4n) is 5.45. The lowest BCUT2D eigenvalue weighted by Crippen LogP contribution is -2.49. The number of amides is 2. The van der Waals surface area contributed by atoms with Gasteiger partial charge in [0.1, 0.15) is 18.4 Å². The molecule has 3 atom stereocenters. The highest BCUT2D eigenvalue weighted by Gasteiger charge is 2.33. The van der Waals surface area contributed by atoms with E-state index >= 15 is 0 Å². The Kier molecular flexibility index (Phi) is 11.0. The fraction of sp³-hybridized carbons (Fsp3) is 0.278. The van der Waals surface area contributed by atoms with Crippen molar-refractivity contribution in [1.82, 2.24) is 10.6 Å². The average molecular weight is 594 g/mol. The zero-order chi connectivity index (χ0) is 30.6. The van der Waals surface area contributed by atoms with E-state index in [9.17, 15) is 9.59 Å². The smallest absolute Gasteiger partial charge is 0.407 e. The number of alkyl carbamates (subject to hydrolysis) is 1. The quantitative estimate of drug-likeness (QED) is 0.199. The number of rotatable bonds is 12. The largest absolute Gasteiger partial charge is 0.492 e. The van der Waals surface area contributed by atoms with Gasteiger partial charge in [0, 0.05) is 18.2 Å². The van der Waals surface area contributed by atoms with Crippen LogP contribution in [0.2, 0.25) is 0 Å². The number of anilines is 1. The van der Waals surface area contributed by atoms with Crippen LogP contribution in [0, 0.1) is 0 Å². The maximum Gasteiger partial charge on any atom is 0.407 e. The van der Waals surface area contributed by atoms with Crippen LogP contribution in [0.25, 0.3) is 0 Å². The van der Waals surface area contributed by atoms with Gasteiger partial charge in [0.2, 0.25) is 5.91 Å². The van der Waals surface area contributed by atoms with Gasteiger partial charge in [-0.15, -0.1) is 0 Å². The molecule has 0 aliphatic carbocycles. The van der Waals surface area contributed by atoms with Crippen LogP contribution in [0.1, 0.15) is 29.0 Å². The van der Waals surface area contributed by atoms with Gasteiger partial charge in [0.15, 0.2) is 0 Å². The van der Waals surface area contributed by atoms with Crippen molar-refractivity contribution in [2.45, 2.75) is 36.9 Å². The number of nitrogens with one attached hydrogen (secondary N) is 3. The third kappa shape index (κ3) is 8.46. The van der Waals surface area contributed by atoms with E-state index in [0.717, 1.165) is 35.4 Å². The summed E-state index contributed by atoms with van der Waals surface area (Å²) in [4.78, 5) is 26.5. The van der Waals surface area contributed by atoms with Gasteiger partial charge in [-0.25, -0.2) is 4.79 Å². The third-order valence-electron chi connectivity index (χ3n) is 7.76. The Hall–Kier alpha value is -4.66. The van der Waals surface area contributed by atoms with Gasteiger partial charge in [-0.2, -0.15) is 0 Å². The summed E-state index contributed by atoms with van der Waals surface area (Å²) in [5.41, 5.74) is 3.50. The molecule has 0 bridgehead atoms. The summed E-state index contributed by atoms with van der Waals surface area (Å²) in [7, 11) is 1.29. The van der Waals surface area contributed by atoms with Crippen molar-refractivity contribution in [3.8, 4) is 5.75 Å². The minimum absolute atomic E-state index is 0.0426. The first-order chi connectivity index (χ1) is 21.6. The van der Waals surface area contributed by atoms with Crippen molar-refractivity contribution in [1.29, 1.82) is 0 Å². The summed E-state index contributed by atoms with van der Waals surface area (Å²) in [5, 5.41) is 9.44. The maximum absolute atomic E-state index is 14.0. The molecular formula is C36H39N3O5. The summed E-state index contributed by atoms with van der Waals surface area (Å²) < 4.78 is 16.9. The number of methoxy groups -OCH3 is 1. The van der Waals surface area contributed by atoms with Crippen molar-refractivity contribution >= 4 is 17.7 Å². The van der Waals surface area contributed by atoms with E-state index in [0.29, 0.717) is 25.3 Å². The van der Waals surface area contributed by atoms with Crippen molar-refractivity contribution < 1.29 is 23.8 Å². The predicted octanol–water partition coefficient (Wildman–Crippen LogP) is 5.55. The first kappa shape index (κ1) is 30.8. The molecule has 3 N–H and O–H groups in total. The monoisotopic (exact) mass is 593 g/mol. The first-order valence-corrected chi connectivity index (χ1v) is 15.0. The minimum Gasteiger partial charge on any atom is -0.492 e. The highest BCUT2D eigenvalue weighted by molar-refractivity contribution is 5.98. The molecule has 8 heteroatoms. The normalized spacial score (nSPS) is 17.0. The Bertz CT molecular complexity index is 1420. The predicted molar refractivity (Wildman–Crippen MR) is 171 cm³/mol. The number of hydrogen-bond acceptors (Lipinski definition) is 6. The molecule has 0 spiro atoms. The van der Waals surface area contributed by atoms with Gasteiger partial charge in [-0.1, -0.05) is 97.1 Å². The molecule has 44 heavy (non-hydrogen) atoms. The van der Waals surface area contributed by atoms with Gasteiger partial charge < -0.3 is 30.2 Å². The number of carbonyl (C=O) groups excluding carboxylic acids is 2. The highest BCUT2D eigenvalue weighted by Crippen LogP contribution is 2.30.